The van der Waals surface area contributed by atoms with Crippen LogP contribution >= 0.6 is 27.5 Å². The average Bonchev–Trinajstić information content (AvgIpc) is 2.66. The number of benzene rings is 2. The maximum absolute atomic E-state index is 13.2. The topological polar surface area (TPSA) is 39.7 Å². The van der Waals surface area contributed by atoms with Crippen LogP contribution in [-0.4, -0.2) is 25.9 Å². The predicted octanol–water partition coefficient (Wildman–Crippen LogP) is 6.12. The molecule has 0 aromatic heterocycles. The minimum atomic E-state index is -0.371. The number of hydrogen-bond acceptors (Lipinski definition) is 4. The third kappa shape index (κ3) is 8.13. The largest absolute Gasteiger partial charge is 0.490 e. The van der Waals surface area contributed by atoms with Gasteiger partial charge in [0.25, 0.3) is 0 Å². The van der Waals surface area contributed by atoms with Gasteiger partial charge in [0.05, 0.1) is 17.7 Å². The van der Waals surface area contributed by atoms with Crippen LogP contribution in [0.2, 0.25) is 5.02 Å². The lowest BCUT2D eigenvalue weighted by atomic mass is 10.2. The zero-order valence-corrected chi connectivity index (χ0v) is 19.4. The quantitative estimate of drug-likeness (QED) is 0.365. The van der Waals surface area contributed by atoms with Crippen LogP contribution in [-0.2, 0) is 17.9 Å². The normalized spacial score (nSPS) is 11.1. The van der Waals surface area contributed by atoms with Gasteiger partial charge in [-0.25, -0.2) is 4.39 Å². The van der Waals surface area contributed by atoms with E-state index in [0.717, 1.165) is 29.6 Å². The van der Waals surface area contributed by atoms with Gasteiger partial charge in [-0.2, -0.15) is 0 Å². The lowest BCUT2D eigenvalue weighted by Crippen LogP contribution is -2.17. The van der Waals surface area contributed by atoms with Gasteiger partial charge in [0.15, 0.2) is 11.5 Å². The maximum atomic E-state index is 13.2. The van der Waals surface area contributed by atoms with E-state index in [1.807, 2.05) is 32.9 Å². The molecule has 0 unspecified atom stereocenters. The summed E-state index contributed by atoms with van der Waals surface area (Å²) in [5.74, 6) is 0.895. The van der Waals surface area contributed by atoms with E-state index in [9.17, 15) is 4.39 Å². The minimum absolute atomic E-state index is 0.221. The monoisotopic (exact) mass is 487 g/mol. The van der Waals surface area contributed by atoms with Crippen LogP contribution in [0.3, 0.4) is 0 Å². The van der Waals surface area contributed by atoms with Gasteiger partial charge in [-0.1, -0.05) is 33.6 Å². The van der Waals surface area contributed by atoms with Gasteiger partial charge in [-0.3, -0.25) is 0 Å². The predicted molar refractivity (Wildman–Crippen MR) is 118 cm³/mol. The van der Waals surface area contributed by atoms with Gasteiger partial charge in [-0.15, -0.1) is 0 Å². The van der Waals surface area contributed by atoms with E-state index in [1.165, 1.54) is 12.1 Å². The van der Waals surface area contributed by atoms with Crippen molar-refractivity contribution in [3.05, 3.63) is 56.8 Å². The summed E-state index contributed by atoms with van der Waals surface area (Å²) in [5, 5.41) is 3.75. The fraction of sp³-hybridized carbons (Fsp3) is 0.455. The summed E-state index contributed by atoms with van der Waals surface area (Å²) in [5.41, 5.74) is 1.78. The van der Waals surface area contributed by atoms with E-state index in [-0.39, 0.29) is 18.5 Å². The summed E-state index contributed by atoms with van der Waals surface area (Å²) in [6.45, 7) is 9.05. The highest BCUT2D eigenvalue weighted by atomic mass is 79.9. The summed E-state index contributed by atoms with van der Waals surface area (Å²) >= 11 is 9.69. The van der Waals surface area contributed by atoms with Crippen molar-refractivity contribution >= 4 is 27.5 Å². The molecule has 0 atom stereocenters. The highest BCUT2D eigenvalue weighted by molar-refractivity contribution is 9.10. The van der Waals surface area contributed by atoms with Crippen LogP contribution in [0.15, 0.2) is 34.8 Å². The lowest BCUT2D eigenvalue weighted by molar-refractivity contribution is 0.0770. The molecule has 2 aromatic rings. The summed E-state index contributed by atoms with van der Waals surface area (Å²) in [6.07, 6.45) is 1.21. The molecule has 0 aliphatic carbocycles. The van der Waals surface area contributed by atoms with Gasteiger partial charge in [0.2, 0.25) is 0 Å². The zero-order valence-electron chi connectivity index (χ0n) is 17.1. The summed E-state index contributed by atoms with van der Waals surface area (Å²) in [7, 11) is 0. The maximum Gasteiger partial charge on any atom is 0.162 e. The summed E-state index contributed by atoms with van der Waals surface area (Å²) < 4.78 is 31.4. The molecule has 0 heterocycles. The van der Waals surface area contributed by atoms with E-state index >= 15 is 0 Å². The summed E-state index contributed by atoms with van der Waals surface area (Å²) in [4.78, 5) is 0. The molecular weight excluding hydrogens is 461 g/mol. The van der Waals surface area contributed by atoms with E-state index in [2.05, 4.69) is 21.2 Å². The Labute approximate surface area is 185 Å². The van der Waals surface area contributed by atoms with Crippen molar-refractivity contribution in [2.45, 2.75) is 46.4 Å². The molecule has 0 spiro atoms. The number of halogens is 3. The molecule has 0 aliphatic heterocycles. The molecule has 0 bridgehead atoms. The highest BCUT2D eigenvalue weighted by Gasteiger charge is 2.12. The Kier molecular flexibility index (Phi) is 10.2. The zero-order chi connectivity index (χ0) is 21.2. The van der Waals surface area contributed by atoms with E-state index in [0.29, 0.717) is 35.2 Å². The third-order valence-corrected chi connectivity index (χ3v) is 5.17. The van der Waals surface area contributed by atoms with Crippen molar-refractivity contribution in [1.82, 2.24) is 5.32 Å². The van der Waals surface area contributed by atoms with Crippen molar-refractivity contribution in [1.29, 1.82) is 0 Å². The molecule has 0 radical (unpaired) electrons. The second-order valence-electron chi connectivity index (χ2n) is 6.80. The number of nitrogens with one attached hydrogen (secondary N) is 1. The first-order valence-electron chi connectivity index (χ1n) is 9.75. The molecule has 7 heteroatoms. The molecule has 0 saturated carbocycles. The minimum Gasteiger partial charge on any atom is -0.490 e. The SMILES string of the molecule is CCOc1cc(CNCCCOC(C)C)c(Br)cc1OCc1ccc(F)cc1Cl. The van der Waals surface area contributed by atoms with Crippen molar-refractivity contribution in [2.24, 2.45) is 0 Å². The van der Waals surface area contributed by atoms with Gasteiger partial charge in [0.1, 0.15) is 12.4 Å². The fourth-order valence-corrected chi connectivity index (χ4v) is 3.31. The van der Waals surface area contributed by atoms with Gasteiger partial charge in [0, 0.05) is 23.2 Å². The molecule has 29 heavy (non-hydrogen) atoms. The number of hydrogen-bond donors (Lipinski definition) is 1. The molecular formula is C22H28BrClFNO3. The van der Waals surface area contributed by atoms with Crippen LogP contribution < -0.4 is 14.8 Å². The van der Waals surface area contributed by atoms with Crippen LogP contribution in [0.25, 0.3) is 0 Å². The average molecular weight is 489 g/mol. The Hall–Kier alpha value is -1.34. The van der Waals surface area contributed by atoms with Gasteiger partial charge < -0.3 is 19.5 Å². The molecule has 1 N–H and O–H groups in total. The first-order chi connectivity index (χ1) is 13.9. The summed E-state index contributed by atoms with van der Waals surface area (Å²) in [6, 6.07) is 8.12. The Morgan fingerprint density at radius 2 is 1.86 bits per heavy atom. The van der Waals surface area contributed by atoms with E-state index in [4.69, 9.17) is 25.8 Å². The molecule has 0 saturated heterocycles. The van der Waals surface area contributed by atoms with Crippen LogP contribution in [0.1, 0.15) is 38.3 Å². The van der Waals surface area contributed by atoms with Crippen LogP contribution in [0, 0.1) is 5.82 Å². The first kappa shape index (κ1) is 23.9. The molecule has 4 nitrogen and oxygen atoms in total. The molecule has 2 rings (SSSR count). The number of ether oxygens (including phenoxy) is 3. The third-order valence-electron chi connectivity index (χ3n) is 4.08. The standard InChI is InChI=1S/C22H28BrClFNO3/c1-4-27-21-10-17(13-26-8-5-9-28-15(2)3)19(23)12-22(21)29-14-16-6-7-18(25)11-20(16)24/h6-7,10-12,15,26H,4-5,8-9,13-14H2,1-3H3. The molecule has 160 valence electrons. The Morgan fingerprint density at radius 1 is 1.10 bits per heavy atom. The Bertz CT molecular complexity index is 789. The number of rotatable bonds is 12. The lowest BCUT2D eigenvalue weighted by Gasteiger charge is -2.16. The van der Waals surface area contributed by atoms with Crippen molar-refractivity contribution in [3.8, 4) is 11.5 Å². The molecule has 0 aliphatic rings. The second-order valence-corrected chi connectivity index (χ2v) is 8.06. The Morgan fingerprint density at radius 3 is 2.55 bits per heavy atom. The smallest absolute Gasteiger partial charge is 0.162 e. The van der Waals surface area contributed by atoms with Gasteiger partial charge in [-0.05, 0) is 63.6 Å². The van der Waals surface area contributed by atoms with E-state index < -0.39 is 0 Å². The first-order valence-corrected chi connectivity index (χ1v) is 10.9. The molecule has 2 aromatic carbocycles. The van der Waals surface area contributed by atoms with Crippen molar-refractivity contribution in [3.63, 3.8) is 0 Å². The fourth-order valence-electron chi connectivity index (χ4n) is 2.63. The molecule has 0 amide bonds. The second kappa shape index (κ2) is 12.4. The van der Waals surface area contributed by atoms with Crippen molar-refractivity contribution < 1.29 is 18.6 Å². The molecule has 0 fully saturated rings. The van der Waals surface area contributed by atoms with Crippen LogP contribution in [0.5, 0.6) is 11.5 Å². The Balaban J connectivity index is 1.99. The van der Waals surface area contributed by atoms with E-state index in [1.54, 1.807) is 6.07 Å². The highest BCUT2D eigenvalue weighted by Crippen LogP contribution is 2.35. The van der Waals surface area contributed by atoms with Crippen LogP contribution in [0.4, 0.5) is 4.39 Å². The van der Waals surface area contributed by atoms with Crippen molar-refractivity contribution in [2.75, 3.05) is 19.8 Å². The van der Waals surface area contributed by atoms with Gasteiger partial charge >= 0.3 is 0 Å².